The van der Waals surface area contributed by atoms with E-state index in [2.05, 4.69) is 10.1 Å². The van der Waals surface area contributed by atoms with Crippen LogP contribution in [-0.2, 0) is 6.54 Å². The molecule has 0 bridgehead atoms. The Bertz CT molecular complexity index is 391. The highest BCUT2D eigenvalue weighted by Crippen LogP contribution is 2.32. The highest BCUT2D eigenvalue weighted by atomic mass is 32.2. The number of para-hydroxylation sites is 1. The van der Waals surface area contributed by atoms with Crippen molar-refractivity contribution in [2.45, 2.75) is 26.1 Å². The first-order valence-electron chi connectivity index (χ1n) is 5.91. The van der Waals surface area contributed by atoms with Crippen LogP contribution in [0.5, 0.6) is 11.5 Å². The molecule has 1 aromatic carbocycles. The molecule has 0 aliphatic heterocycles. The van der Waals surface area contributed by atoms with Gasteiger partial charge in [-0.15, -0.1) is 0 Å². The normalized spacial score (nSPS) is 12.5. The van der Waals surface area contributed by atoms with Crippen LogP contribution >= 0.6 is 11.8 Å². The third kappa shape index (κ3) is 5.24. The summed E-state index contributed by atoms with van der Waals surface area (Å²) >= 11 is 1.73. The van der Waals surface area contributed by atoms with Gasteiger partial charge in [0, 0.05) is 23.9 Å². The number of benzene rings is 1. The zero-order chi connectivity index (χ0) is 14.3. The maximum atomic E-state index is 12.4. The van der Waals surface area contributed by atoms with Crippen LogP contribution in [-0.4, -0.2) is 31.8 Å². The fourth-order valence-corrected chi connectivity index (χ4v) is 2.30. The van der Waals surface area contributed by atoms with Crippen molar-refractivity contribution >= 4 is 11.8 Å². The van der Waals surface area contributed by atoms with Crippen molar-refractivity contribution in [3.8, 4) is 11.5 Å². The van der Waals surface area contributed by atoms with Crippen molar-refractivity contribution in [1.82, 2.24) is 5.32 Å². The van der Waals surface area contributed by atoms with Gasteiger partial charge < -0.3 is 14.8 Å². The molecule has 0 heterocycles. The van der Waals surface area contributed by atoms with Gasteiger partial charge in [0.15, 0.2) is 11.5 Å². The monoisotopic (exact) mass is 291 g/mol. The van der Waals surface area contributed by atoms with Crippen LogP contribution in [0.2, 0.25) is 0 Å². The minimum Gasteiger partial charge on any atom is -0.493 e. The minimum absolute atomic E-state index is 0.101. The number of ether oxygens (including phenoxy) is 2. The van der Waals surface area contributed by atoms with E-state index in [1.165, 1.54) is 7.11 Å². The van der Waals surface area contributed by atoms with E-state index < -0.39 is 6.61 Å². The number of nitrogens with one attached hydrogen (secondary N) is 1. The van der Waals surface area contributed by atoms with E-state index in [1.807, 2.05) is 13.2 Å². The summed E-state index contributed by atoms with van der Waals surface area (Å²) in [6.07, 6.45) is 2.02. The Kier molecular flexibility index (Phi) is 6.94. The molecular formula is C13H19F2NO2S. The molecule has 0 aliphatic carbocycles. The Morgan fingerprint density at radius 3 is 2.68 bits per heavy atom. The van der Waals surface area contributed by atoms with E-state index in [-0.39, 0.29) is 5.75 Å². The number of alkyl halides is 2. The van der Waals surface area contributed by atoms with E-state index in [4.69, 9.17) is 4.74 Å². The van der Waals surface area contributed by atoms with Crippen LogP contribution in [0.1, 0.15) is 12.5 Å². The van der Waals surface area contributed by atoms with Crippen LogP contribution in [0.25, 0.3) is 0 Å². The molecule has 0 aromatic heterocycles. The topological polar surface area (TPSA) is 30.5 Å². The number of thioether (sulfide) groups is 1. The number of halogens is 2. The molecule has 0 fully saturated rings. The van der Waals surface area contributed by atoms with Gasteiger partial charge in [-0.3, -0.25) is 0 Å². The predicted molar refractivity (Wildman–Crippen MR) is 74.3 cm³/mol. The van der Waals surface area contributed by atoms with Gasteiger partial charge in [0.25, 0.3) is 0 Å². The predicted octanol–water partition coefficient (Wildman–Crippen LogP) is 3.14. The van der Waals surface area contributed by atoms with Crippen molar-refractivity contribution in [3.63, 3.8) is 0 Å². The third-order valence-electron chi connectivity index (χ3n) is 2.54. The second-order valence-electron chi connectivity index (χ2n) is 4.06. The summed E-state index contributed by atoms with van der Waals surface area (Å²) in [4.78, 5) is 0. The molecule has 108 valence electrons. The van der Waals surface area contributed by atoms with Crippen LogP contribution in [0, 0.1) is 0 Å². The van der Waals surface area contributed by atoms with E-state index in [9.17, 15) is 8.78 Å². The zero-order valence-corrected chi connectivity index (χ0v) is 12.1. The summed E-state index contributed by atoms with van der Waals surface area (Å²) in [6, 6.07) is 5.40. The molecular weight excluding hydrogens is 272 g/mol. The fourth-order valence-electron chi connectivity index (χ4n) is 1.68. The van der Waals surface area contributed by atoms with Gasteiger partial charge in [0.2, 0.25) is 0 Å². The molecule has 1 aromatic rings. The Morgan fingerprint density at radius 1 is 1.37 bits per heavy atom. The summed E-state index contributed by atoms with van der Waals surface area (Å²) < 4.78 is 34.5. The molecule has 1 atom stereocenters. The summed E-state index contributed by atoms with van der Waals surface area (Å²) in [7, 11) is 1.43. The average Bonchev–Trinajstić information content (AvgIpc) is 2.37. The van der Waals surface area contributed by atoms with Gasteiger partial charge in [-0.05, 0) is 19.2 Å². The lowest BCUT2D eigenvalue weighted by atomic mass is 10.1. The molecule has 19 heavy (non-hydrogen) atoms. The smallest absolute Gasteiger partial charge is 0.387 e. The van der Waals surface area contributed by atoms with Crippen LogP contribution in [0.4, 0.5) is 8.78 Å². The fraction of sp³-hybridized carbons (Fsp3) is 0.538. The summed E-state index contributed by atoms with van der Waals surface area (Å²) in [5.41, 5.74) is 0.660. The molecule has 1 unspecified atom stereocenters. The van der Waals surface area contributed by atoms with E-state index in [0.717, 1.165) is 5.75 Å². The lowest BCUT2D eigenvalue weighted by molar-refractivity contribution is -0.0518. The van der Waals surface area contributed by atoms with Gasteiger partial charge >= 0.3 is 6.61 Å². The van der Waals surface area contributed by atoms with E-state index >= 15 is 0 Å². The first-order chi connectivity index (χ1) is 9.08. The van der Waals surface area contributed by atoms with Crippen molar-refractivity contribution in [3.05, 3.63) is 23.8 Å². The lowest BCUT2D eigenvalue weighted by Gasteiger charge is -2.17. The molecule has 0 amide bonds. The second kappa shape index (κ2) is 8.22. The molecule has 0 spiro atoms. The Morgan fingerprint density at radius 2 is 2.11 bits per heavy atom. The molecule has 0 saturated carbocycles. The highest BCUT2D eigenvalue weighted by Gasteiger charge is 2.15. The maximum absolute atomic E-state index is 12.4. The van der Waals surface area contributed by atoms with Crippen molar-refractivity contribution in [2.75, 3.05) is 19.1 Å². The quantitative estimate of drug-likeness (QED) is 0.797. The number of hydrogen-bond acceptors (Lipinski definition) is 4. The second-order valence-corrected chi connectivity index (χ2v) is 4.97. The Balaban J connectivity index is 2.80. The number of hydrogen-bond donors (Lipinski definition) is 1. The third-order valence-corrected chi connectivity index (χ3v) is 3.38. The zero-order valence-electron chi connectivity index (χ0n) is 11.3. The Hall–Kier alpha value is -1.01. The van der Waals surface area contributed by atoms with Crippen molar-refractivity contribution < 1.29 is 18.3 Å². The van der Waals surface area contributed by atoms with Crippen molar-refractivity contribution in [2.24, 2.45) is 0 Å². The average molecular weight is 291 g/mol. The van der Waals surface area contributed by atoms with Gasteiger partial charge in [0.05, 0.1) is 7.11 Å². The molecule has 1 N–H and O–H groups in total. The summed E-state index contributed by atoms with van der Waals surface area (Å²) in [5.74, 6) is 1.37. The molecule has 6 heteroatoms. The van der Waals surface area contributed by atoms with Gasteiger partial charge in [-0.1, -0.05) is 12.1 Å². The molecule has 0 aliphatic rings. The number of rotatable bonds is 8. The standard InChI is InChI=1S/C13H19F2NO2S/c1-9(8-19-3)16-7-10-5-4-6-11(17-2)12(10)18-13(14)15/h4-6,9,13,16H,7-8H2,1-3H3. The highest BCUT2D eigenvalue weighted by molar-refractivity contribution is 7.98. The van der Waals surface area contributed by atoms with Crippen LogP contribution in [0.15, 0.2) is 18.2 Å². The van der Waals surface area contributed by atoms with Crippen molar-refractivity contribution in [1.29, 1.82) is 0 Å². The van der Waals surface area contributed by atoms with Gasteiger partial charge in [-0.2, -0.15) is 20.5 Å². The maximum Gasteiger partial charge on any atom is 0.387 e. The largest absolute Gasteiger partial charge is 0.493 e. The van der Waals surface area contributed by atoms with E-state index in [0.29, 0.717) is 23.9 Å². The van der Waals surface area contributed by atoms with Gasteiger partial charge in [0.1, 0.15) is 0 Å². The molecule has 0 radical (unpaired) electrons. The lowest BCUT2D eigenvalue weighted by Crippen LogP contribution is -2.27. The first kappa shape index (κ1) is 16.0. The first-order valence-corrected chi connectivity index (χ1v) is 7.30. The van der Waals surface area contributed by atoms with Crippen LogP contribution in [0.3, 0.4) is 0 Å². The molecule has 1 rings (SSSR count). The Labute approximate surface area is 116 Å². The number of methoxy groups -OCH3 is 1. The molecule has 0 saturated heterocycles. The molecule has 3 nitrogen and oxygen atoms in total. The van der Waals surface area contributed by atoms with Crippen LogP contribution < -0.4 is 14.8 Å². The summed E-state index contributed by atoms with van der Waals surface area (Å²) in [6.45, 7) is -0.357. The van der Waals surface area contributed by atoms with E-state index in [1.54, 1.807) is 30.0 Å². The summed E-state index contributed by atoms with van der Waals surface area (Å²) in [5, 5.41) is 3.26. The van der Waals surface area contributed by atoms with Gasteiger partial charge in [-0.25, -0.2) is 0 Å². The SMILES string of the molecule is COc1cccc(CNC(C)CSC)c1OC(F)F. The minimum atomic E-state index is -2.86.